The van der Waals surface area contributed by atoms with Gasteiger partial charge in [-0.25, -0.2) is 0 Å². The van der Waals surface area contributed by atoms with Crippen molar-refractivity contribution in [3.8, 4) is 0 Å². The number of hydrogen-bond acceptors (Lipinski definition) is 4. The predicted octanol–water partition coefficient (Wildman–Crippen LogP) is 0.322. The molecule has 0 aliphatic carbocycles. The number of nitrogens with two attached hydrogens (primary N) is 1. The summed E-state index contributed by atoms with van der Waals surface area (Å²) in [5, 5.41) is 0. The molecule has 2 rings (SSSR count). The normalized spacial score (nSPS) is 17.4. The Labute approximate surface area is 83.5 Å². The summed E-state index contributed by atoms with van der Waals surface area (Å²) in [5.74, 6) is 1.56. The number of morpholine rings is 1. The highest BCUT2D eigenvalue weighted by Gasteiger charge is 2.16. The second-order valence-electron chi connectivity index (χ2n) is 3.35. The SMILES string of the molecule is CCn1cc(N)nc1N1CCOCC1. The first-order chi connectivity index (χ1) is 6.81. The van der Waals surface area contributed by atoms with Gasteiger partial charge in [-0.05, 0) is 6.92 Å². The lowest BCUT2D eigenvalue weighted by Gasteiger charge is -2.27. The molecule has 1 aliphatic heterocycles. The summed E-state index contributed by atoms with van der Waals surface area (Å²) in [6.45, 7) is 6.34. The van der Waals surface area contributed by atoms with Gasteiger partial charge >= 0.3 is 0 Å². The summed E-state index contributed by atoms with van der Waals surface area (Å²) in [6.07, 6.45) is 1.88. The second-order valence-corrected chi connectivity index (χ2v) is 3.35. The van der Waals surface area contributed by atoms with E-state index in [2.05, 4.69) is 21.4 Å². The van der Waals surface area contributed by atoms with E-state index < -0.39 is 0 Å². The largest absolute Gasteiger partial charge is 0.382 e. The summed E-state index contributed by atoms with van der Waals surface area (Å²) in [6, 6.07) is 0. The van der Waals surface area contributed by atoms with Crippen LogP contribution in [0.5, 0.6) is 0 Å². The van der Waals surface area contributed by atoms with Gasteiger partial charge in [-0.2, -0.15) is 4.98 Å². The Balaban J connectivity index is 2.20. The number of rotatable bonds is 2. The Morgan fingerprint density at radius 1 is 1.50 bits per heavy atom. The van der Waals surface area contributed by atoms with E-state index in [9.17, 15) is 0 Å². The van der Waals surface area contributed by atoms with Gasteiger partial charge in [0.05, 0.1) is 13.2 Å². The molecule has 1 aliphatic rings. The summed E-state index contributed by atoms with van der Waals surface area (Å²) in [4.78, 5) is 6.53. The monoisotopic (exact) mass is 196 g/mol. The van der Waals surface area contributed by atoms with Crippen LogP contribution in [-0.2, 0) is 11.3 Å². The second kappa shape index (κ2) is 3.88. The van der Waals surface area contributed by atoms with Crippen molar-refractivity contribution in [2.24, 2.45) is 0 Å². The third kappa shape index (κ3) is 1.68. The molecule has 0 amide bonds. The first-order valence-electron chi connectivity index (χ1n) is 4.96. The van der Waals surface area contributed by atoms with Crippen molar-refractivity contribution in [3.63, 3.8) is 0 Å². The highest BCUT2D eigenvalue weighted by Crippen LogP contribution is 2.16. The average Bonchev–Trinajstić information content (AvgIpc) is 2.61. The predicted molar refractivity (Wildman–Crippen MR) is 55.3 cm³/mol. The van der Waals surface area contributed by atoms with Gasteiger partial charge in [0, 0.05) is 25.8 Å². The summed E-state index contributed by atoms with van der Waals surface area (Å²) in [5.41, 5.74) is 5.67. The molecule has 78 valence electrons. The maximum atomic E-state index is 5.67. The van der Waals surface area contributed by atoms with E-state index >= 15 is 0 Å². The molecule has 1 aromatic heterocycles. The molecule has 0 atom stereocenters. The molecule has 14 heavy (non-hydrogen) atoms. The fourth-order valence-electron chi connectivity index (χ4n) is 1.67. The van der Waals surface area contributed by atoms with Crippen LogP contribution in [0.2, 0.25) is 0 Å². The zero-order valence-corrected chi connectivity index (χ0v) is 8.44. The molecule has 5 heteroatoms. The van der Waals surface area contributed by atoms with Gasteiger partial charge in [-0.1, -0.05) is 0 Å². The maximum Gasteiger partial charge on any atom is 0.207 e. The number of nitrogen functional groups attached to an aromatic ring is 1. The number of ether oxygens (including phenoxy) is 1. The van der Waals surface area contributed by atoms with Gasteiger partial charge in [0.2, 0.25) is 5.95 Å². The standard InChI is InChI=1S/C9H16N4O/c1-2-12-7-8(10)11-9(12)13-3-5-14-6-4-13/h7H,2-6,10H2,1H3. The molecule has 0 saturated carbocycles. The minimum Gasteiger partial charge on any atom is -0.382 e. The van der Waals surface area contributed by atoms with Crippen LogP contribution in [0, 0.1) is 0 Å². The van der Waals surface area contributed by atoms with Crippen molar-refractivity contribution in [2.45, 2.75) is 13.5 Å². The van der Waals surface area contributed by atoms with Crippen molar-refractivity contribution >= 4 is 11.8 Å². The van der Waals surface area contributed by atoms with E-state index in [-0.39, 0.29) is 0 Å². The Hall–Kier alpha value is -1.23. The molecule has 0 bridgehead atoms. The van der Waals surface area contributed by atoms with Crippen LogP contribution in [-0.4, -0.2) is 35.9 Å². The molecular formula is C9H16N4O. The average molecular weight is 196 g/mol. The smallest absolute Gasteiger partial charge is 0.207 e. The Kier molecular flexibility index (Phi) is 2.58. The van der Waals surface area contributed by atoms with Gasteiger partial charge in [-0.15, -0.1) is 0 Å². The van der Waals surface area contributed by atoms with Crippen LogP contribution >= 0.6 is 0 Å². The molecule has 1 saturated heterocycles. The van der Waals surface area contributed by atoms with E-state index in [0.29, 0.717) is 5.82 Å². The van der Waals surface area contributed by atoms with Gasteiger partial charge in [0.25, 0.3) is 0 Å². The first-order valence-corrected chi connectivity index (χ1v) is 4.96. The van der Waals surface area contributed by atoms with Crippen LogP contribution in [0.4, 0.5) is 11.8 Å². The molecule has 2 heterocycles. The summed E-state index contributed by atoms with van der Waals surface area (Å²) < 4.78 is 7.36. The molecule has 0 unspecified atom stereocenters. The van der Waals surface area contributed by atoms with E-state index in [1.54, 1.807) is 0 Å². The Bertz CT molecular complexity index is 304. The molecular weight excluding hydrogens is 180 g/mol. The molecule has 1 aromatic rings. The third-order valence-electron chi connectivity index (χ3n) is 2.41. The molecule has 0 spiro atoms. The molecule has 1 fully saturated rings. The van der Waals surface area contributed by atoms with Crippen LogP contribution in [0.15, 0.2) is 6.20 Å². The first kappa shape index (κ1) is 9.33. The van der Waals surface area contributed by atoms with Crippen LogP contribution in [0.25, 0.3) is 0 Å². The zero-order valence-electron chi connectivity index (χ0n) is 8.44. The maximum absolute atomic E-state index is 5.67. The lowest BCUT2D eigenvalue weighted by atomic mass is 10.4. The minimum absolute atomic E-state index is 0.591. The van der Waals surface area contributed by atoms with E-state index in [1.807, 2.05) is 6.20 Å². The number of aromatic nitrogens is 2. The van der Waals surface area contributed by atoms with Crippen molar-refractivity contribution in [2.75, 3.05) is 36.9 Å². The summed E-state index contributed by atoms with van der Waals surface area (Å²) in [7, 11) is 0. The van der Waals surface area contributed by atoms with Crippen LogP contribution in [0.3, 0.4) is 0 Å². The van der Waals surface area contributed by atoms with Crippen molar-refractivity contribution in [1.29, 1.82) is 0 Å². The topological polar surface area (TPSA) is 56.3 Å². The number of nitrogens with zero attached hydrogens (tertiary/aromatic N) is 3. The highest BCUT2D eigenvalue weighted by atomic mass is 16.5. The van der Waals surface area contributed by atoms with Crippen LogP contribution in [0.1, 0.15) is 6.92 Å². The number of anilines is 2. The number of imidazole rings is 1. The van der Waals surface area contributed by atoms with Gasteiger partial charge in [0.15, 0.2) is 0 Å². The Morgan fingerprint density at radius 2 is 2.21 bits per heavy atom. The quantitative estimate of drug-likeness (QED) is 0.740. The van der Waals surface area contributed by atoms with Crippen molar-refractivity contribution in [1.82, 2.24) is 9.55 Å². The lowest BCUT2D eigenvalue weighted by Crippen LogP contribution is -2.37. The van der Waals surface area contributed by atoms with Gasteiger partial charge in [0.1, 0.15) is 5.82 Å². The van der Waals surface area contributed by atoms with E-state index in [1.165, 1.54) is 0 Å². The van der Waals surface area contributed by atoms with Gasteiger partial charge < -0.3 is 19.9 Å². The molecule has 5 nitrogen and oxygen atoms in total. The highest BCUT2D eigenvalue weighted by molar-refractivity contribution is 5.41. The summed E-state index contributed by atoms with van der Waals surface area (Å²) >= 11 is 0. The van der Waals surface area contributed by atoms with Crippen molar-refractivity contribution in [3.05, 3.63) is 6.20 Å². The van der Waals surface area contributed by atoms with E-state index in [4.69, 9.17) is 10.5 Å². The molecule has 0 radical (unpaired) electrons. The Morgan fingerprint density at radius 3 is 2.86 bits per heavy atom. The fraction of sp³-hybridized carbons (Fsp3) is 0.667. The lowest BCUT2D eigenvalue weighted by molar-refractivity contribution is 0.121. The van der Waals surface area contributed by atoms with Crippen LogP contribution < -0.4 is 10.6 Å². The fourth-order valence-corrected chi connectivity index (χ4v) is 1.67. The van der Waals surface area contributed by atoms with E-state index in [0.717, 1.165) is 38.8 Å². The molecule has 0 aromatic carbocycles. The van der Waals surface area contributed by atoms with Gasteiger partial charge in [-0.3, -0.25) is 0 Å². The molecule has 2 N–H and O–H groups in total. The number of aryl methyl sites for hydroxylation is 1. The minimum atomic E-state index is 0.591. The van der Waals surface area contributed by atoms with Crippen molar-refractivity contribution < 1.29 is 4.74 Å². The third-order valence-corrected chi connectivity index (χ3v) is 2.41. The number of hydrogen-bond donors (Lipinski definition) is 1. The zero-order chi connectivity index (χ0) is 9.97.